The number of nitrogens with one attached hydrogen (secondary N) is 1. The van der Waals surface area contributed by atoms with Gasteiger partial charge in [0.25, 0.3) is 5.91 Å². The molecule has 3 aliphatic rings. The van der Waals surface area contributed by atoms with Crippen LogP contribution in [-0.2, 0) is 14.3 Å². The Labute approximate surface area is 186 Å². The number of hydrogen-bond acceptors (Lipinski definition) is 6. The first-order valence-electron chi connectivity index (χ1n) is 11.0. The van der Waals surface area contributed by atoms with Crippen molar-refractivity contribution < 1.29 is 29.0 Å². The SMILES string of the molecule is CC(C)(C)OC(=O)N1CCC(c2ccc3c(c2)C(=O)N(C2CCC(=O)NC2=O)C3O)CC1. The van der Waals surface area contributed by atoms with Crippen LogP contribution in [0.1, 0.15) is 80.1 Å². The summed E-state index contributed by atoms with van der Waals surface area (Å²) in [5.41, 5.74) is 1.28. The third kappa shape index (κ3) is 4.21. The lowest BCUT2D eigenvalue weighted by molar-refractivity contribution is -0.139. The van der Waals surface area contributed by atoms with Crippen molar-refractivity contribution in [3.05, 3.63) is 34.9 Å². The highest BCUT2D eigenvalue weighted by Crippen LogP contribution is 2.38. The summed E-state index contributed by atoms with van der Waals surface area (Å²) in [6.45, 7) is 6.65. The smallest absolute Gasteiger partial charge is 0.410 e. The fraction of sp³-hybridized carbons (Fsp3) is 0.565. The molecule has 2 saturated heterocycles. The number of rotatable bonds is 2. The van der Waals surface area contributed by atoms with Crippen LogP contribution < -0.4 is 5.32 Å². The molecule has 2 atom stereocenters. The first-order valence-corrected chi connectivity index (χ1v) is 11.0. The molecule has 9 nitrogen and oxygen atoms in total. The largest absolute Gasteiger partial charge is 0.444 e. The van der Waals surface area contributed by atoms with Crippen LogP contribution in [0.3, 0.4) is 0 Å². The first kappa shape index (κ1) is 22.3. The third-order valence-electron chi connectivity index (χ3n) is 6.25. The van der Waals surface area contributed by atoms with Gasteiger partial charge in [0.05, 0.1) is 0 Å². The summed E-state index contributed by atoms with van der Waals surface area (Å²) in [5.74, 6) is -1.16. The molecule has 0 radical (unpaired) electrons. The monoisotopic (exact) mass is 443 g/mol. The van der Waals surface area contributed by atoms with E-state index < -0.39 is 29.7 Å². The summed E-state index contributed by atoms with van der Waals surface area (Å²) in [5, 5.41) is 13.0. The van der Waals surface area contributed by atoms with Crippen LogP contribution in [0.15, 0.2) is 18.2 Å². The molecule has 0 aliphatic carbocycles. The zero-order valence-corrected chi connectivity index (χ0v) is 18.6. The molecule has 2 N–H and O–H groups in total. The van der Waals surface area contributed by atoms with Crippen molar-refractivity contribution in [1.29, 1.82) is 0 Å². The van der Waals surface area contributed by atoms with E-state index in [1.165, 1.54) is 4.90 Å². The van der Waals surface area contributed by atoms with E-state index in [0.717, 1.165) is 18.4 Å². The minimum absolute atomic E-state index is 0.130. The Morgan fingerprint density at radius 3 is 2.44 bits per heavy atom. The van der Waals surface area contributed by atoms with Gasteiger partial charge in [-0.05, 0) is 57.6 Å². The van der Waals surface area contributed by atoms with E-state index in [1.54, 1.807) is 17.0 Å². The molecule has 0 spiro atoms. The molecule has 4 rings (SSSR count). The highest BCUT2D eigenvalue weighted by atomic mass is 16.6. The van der Waals surface area contributed by atoms with Gasteiger partial charge in [-0.2, -0.15) is 0 Å². The van der Waals surface area contributed by atoms with E-state index in [1.807, 2.05) is 26.8 Å². The lowest BCUT2D eigenvalue weighted by Gasteiger charge is -2.33. The number of nitrogens with zero attached hydrogens (tertiary/aromatic N) is 2. The van der Waals surface area contributed by atoms with Gasteiger partial charge in [0.15, 0.2) is 6.23 Å². The maximum Gasteiger partial charge on any atom is 0.410 e. The van der Waals surface area contributed by atoms with E-state index in [4.69, 9.17) is 4.74 Å². The minimum atomic E-state index is -1.22. The molecule has 3 aliphatic heterocycles. The van der Waals surface area contributed by atoms with Gasteiger partial charge in [0.2, 0.25) is 11.8 Å². The lowest BCUT2D eigenvalue weighted by Crippen LogP contribution is -2.53. The van der Waals surface area contributed by atoms with Gasteiger partial charge in [-0.25, -0.2) is 4.79 Å². The Balaban J connectivity index is 1.45. The van der Waals surface area contributed by atoms with E-state index >= 15 is 0 Å². The molecule has 9 heteroatoms. The Bertz CT molecular complexity index is 961. The Morgan fingerprint density at radius 1 is 1.12 bits per heavy atom. The summed E-state index contributed by atoms with van der Waals surface area (Å²) in [6, 6.07) is 4.56. The number of piperidine rings is 2. The number of carbonyl (C=O) groups excluding carboxylic acids is 4. The fourth-order valence-corrected chi connectivity index (χ4v) is 4.62. The zero-order valence-electron chi connectivity index (χ0n) is 18.6. The van der Waals surface area contributed by atoms with Gasteiger partial charge >= 0.3 is 6.09 Å². The summed E-state index contributed by atoms with van der Waals surface area (Å²) in [6.07, 6.45) is 0.270. The maximum atomic E-state index is 13.1. The number of imide groups is 1. The molecule has 4 amide bonds. The van der Waals surface area contributed by atoms with Crippen molar-refractivity contribution >= 4 is 23.8 Å². The number of carbonyl (C=O) groups is 4. The second kappa shape index (κ2) is 8.20. The summed E-state index contributed by atoms with van der Waals surface area (Å²) < 4.78 is 5.44. The average molecular weight is 444 g/mol. The molecule has 0 bridgehead atoms. The summed E-state index contributed by atoms with van der Waals surface area (Å²) in [4.78, 5) is 51.9. The molecule has 0 aromatic heterocycles. The van der Waals surface area contributed by atoms with Crippen molar-refractivity contribution in [3.63, 3.8) is 0 Å². The molecule has 2 unspecified atom stereocenters. The van der Waals surface area contributed by atoms with E-state index in [-0.39, 0.29) is 30.8 Å². The highest BCUT2D eigenvalue weighted by molar-refractivity contribution is 6.05. The lowest BCUT2D eigenvalue weighted by atomic mass is 9.88. The van der Waals surface area contributed by atoms with Crippen molar-refractivity contribution in [1.82, 2.24) is 15.1 Å². The summed E-state index contributed by atoms with van der Waals surface area (Å²) >= 11 is 0. The van der Waals surface area contributed by atoms with Gasteiger partial charge < -0.3 is 14.7 Å². The number of ether oxygens (including phenoxy) is 1. The number of hydrogen-bond donors (Lipinski definition) is 2. The van der Waals surface area contributed by atoms with E-state index in [2.05, 4.69) is 5.32 Å². The second-order valence-electron chi connectivity index (χ2n) is 9.64. The van der Waals surface area contributed by atoms with Crippen LogP contribution in [0.25, 0.3) is 0 Å². The number of amides is 4. The van der Waals surface area contributed by atoms with E-state index in [9.17, 15) is 24.3 Å². The molecule has 3 heterocycles. The van der Waals surface area contributed by atoms with E-state index in [0.29, 0.717) is 24.2 Å². The fourth-order valence-electron chi connectivity index (χ4n) is 4.62. The molecule has 2 fully saturated rings. The molecule has 172 valence electrons. The van der Waals surface area contributed by atoms with Crippen LogP contribution in [0.2, 0.25) is 0 Å². The van der Waals surface area contributed by atoms with Crippen molar-refractivity contribution in [2.45, 2.75) is 70.2 Å². The topological polar surface area (TPSA) is 116 Å². The quantitative estimate of drug-likeness (QED) is 0.676. The van der Waals surface area contributed by atoms with Gasteiger partial charge in [0.1, 0.15) is 11.6 Å². The van der Waals surface area contributed by atoms with Gasteiger partial charge in [-0.15, -0.1) is 0 Å². The minimum Gasteiger partial charge on any atom is -0.444 e. The second-order valence-corrected chi connectivity index (χ2v) is 9.64. The molecular formula is C23H29N3O6. The number of fused-ring (bicyclic) bond motifs is 1. The van der Waals surface area contributed by atoms with Crippen LogP contribution in [0, 0.1) is 0 Å². The van der Waals surface area contributed by atoms with Crippen molar-refractivity contribution in [2.75, 3.05) is 13.1 Å². The molecule has 32 heavy (non-hydrogen) atoms. The number of aliphatic hydroxyl groups is 1. The van der Waals surface area contributed by atoms with Crippen LogP contribution in [0.4, 0.5) is 4.79 Å². The Hall–Kier alpha value is -2.94. The zero-order chi connectivity index (χ0) is 23.2. The molecule has 1 aromatic rings. The third-order valence-corrected chi connectivity index (χ3v) is 6.25. The molecule has 1 aromatic carbocycles. The highest BCUT2D eigenvalue weighted by Gasteiger charge is 2.44. The number of likely N-dealkylation sites (tertiary alicyclic amines) is 1. The Morgan fingerprint density at radius 2 is 1.81 bits per heavy atom. The molecular weight excluding hydrogens is 414 g/mol. The normalized spacial score (nSPS) is 24.4. The maximum absolute atomic E-state index is 13.1. The number of aliphatic hydroxyl groups excluding tert-OH is 1. The molecule has 0 saturated carbocycles. The Kier molecular flexibility index (Phi) is 5.70. The predicted molar refractivity (Wildman–Crippen MR) is 114 cm³/mol. The standard InChI is InChI=1S/C23H29N3O6/c1-23(2,3)32-22(31)25-10-8-13(9-11-25)14-4-5-15-16(12-14)21(30)26(20(15)29)17-6-7-18(27)24-19(17)28/h4-5,12-13,17,20,29H,6-11H2,1-3H3,(H,24,27,28). The van der Waals surface area contributed by atoms with Gasteiger partial charge in [0, 0.05) is 30.6 Å². The average Bonchev–Trinajstić information content (AvgIpc) is 2.97. The van der Waals surface area contributed by atoms with Crippen molar-refractivity contribution in [2.24, 2.45) is 0 Å². The first-order chi connectivity index (χ1) is 15.0. The van der Waals surface area contributed by atoms with Crippen molar-refractivity contribution in [3.8, 4) is 0 Å². The van der Waals surface area contributed by atoms with Crippen LogP contribution in [-0.4, -0.2) is 63.5 Å². The van der Waals surface area contributed by atoms with Gasteiger partial charge in [-0.3, -0.25) is 24.6 Å². The summed E-state index contributed by atoms with van der Waals surface area (Å²) in [7, 11) is 0. The van der Waals surface area contributed by atoms with Crippen LogP contribution >= 0.6 is 0 Å². The number of benzene rings is 1. The predicted octanol–water partition coefficient (Wildman–Crippen LogP) is 2.05. The van der Waals surface area contributed by atoms with Crippen LogP contribution in [0.5, 0.6) is 0 Å². The van der Waals surface area contributed by atoms with Gasteiger partial charge in [-0.1, -0.05) is 12.1 Å².